The van der Waals surface area contributed by atoms with Crippen LogP contribution in [-0.4, -0.2) is 25.8 Å². The Labute approximate surface area is 168 Å². The van der Waals surface area contributed by atoms with Crippen molar-refractivity contribution in [2.75, 3.05) is 13.7 Å². The van der Waals surface area contributed by atoms with Crippen molar-refractivity contribution in [3.8, 4) is 0 Å². The van der Waals surface area contributed by atoms with E-state index in [-0.39, 0.29) is 11.4 Å². The topological polar surface area (TPSA) is 35.5 Å². The molecule has 0 saturated heterocycles. The van der Waals surface area contributed by atoms with Gasteiger partial charge in [0.2, 0.25) is 0 Å². The molecule has 0 amide bonds. The monoisotopic (exact) mass is 380 g/mol. The van der Waals surface area contributed by atoms with Gasteiger partial charge in [-0.15, -0.1) is 0 Å². The maximum absolute atomic E-state index is 12.9. The minimum absolute atomic E-state index is 0.0369. The summed E-state index contributed by atoms with van der Waals surface area (Å²) in [4.78, 5) is 12.9. The van der Waals surface area contributed by atoms with Crippen molar-refractivity contribution in [2.24, 2.45) is 17.3 Å². The van der Waals surface area contributed by atoms with E-state index in [0.29, 0.717) is 12.0 Å². The molecule has 2 aliphatic rings. The molecule has 0 spiro atoms. The first kappa shape index (κ1) is 22.7. The highest BCUT2D eigenvalue weighted by molar-refractivity contribution is 5.76. The first-order chi connectivity index (χ1) is 13.1. The minimum atomic E-state index is -0.276. The summed E-state index contributed by atoms with van der Waals surface area (Å²) in [5.74, 6) is 1.47. The number of carbonyl (C=O) groups excluding carboxylic acids is 1. The Morgan fingerprint density at radius 1 is 1.00 bits per heavy atom. The fourth-order valence-corrected chi connectivity index (χ4v) is 5.45. The largest absolute Gasteiger partial charge is 0.469 e. The lowest BCUT2D eigenvalue weighted by Gasteiger charge is -2.38. The fraction of sp³-hybridized carbons (Fsp3) is 0.958. The van der Waals surface area contributed by atoms with E-state index in [1.54, 1.807) is 7.11 Å². The lowest BCUT2D eigenvalue weighted by molar-refractivity contribution is -0.155. The molecule has 158 valence electrons. The Kier molecular flexibility index (Phi) is 10.2. The third-order valence-corrected chi connectivity index (χ3v) is 7.32. The number of carbonyl (C=O) groups is 1. The van der Waals surface area contributed by atoms with E-state index in [1.807, 2.05) is 0 Å². The molecule has 0 aromatic rings. The second-order valence-corrected chi connectivity index (χ2v) is 9.25. The molecule has 27 heavy (non-hydrogen) atoms. The highest BCUT2D eigenvalue weighted by Gasteiger charge is 2.41. The van der Waals surface area contributed by atoms with Crippen LogP contribution in [0, 0.1) is 17.3 Å². The molecule has 2 aliphatic carbocycles. The van der Waals surface area contributed by atoms with E-state index in [4.69, 9.17) is 9.47 Å². The van der Waals surface area contributed by atoms with E-state index in [9.17, 15) is 4.79 Å². The van der Waals surface area contributed by atoms with Crippen molar-refractivity contribution in [1.82, 2.24) is 0 Å². The summed E-state index contributed by atoms with van der Waals surface area (Å²) in [6.07, 6.45) is 18.5. The smallest absolute Gasteiger partial charge is 0.311 e. The molecule has 3 heteroatoms. The highest BCUT2D eigenvalue weighted by atomic mass is 16.5. The molecular formula is C24H44O3. The summed E-state index contributed by atoms with van der Waals surface area (Å²) < 4.78 is 11.5. The number of hydrogen-bond donors (Lipinski definition) is 0. The molecule has 2 rings (SSSR count). The van der Waals surface area contributed by atoms with E-state index >= 15 is 0 Å². The highest BCUT2D eigenvalue weighted by Crippen LogP contribution is 2.43. The molecule has 3 atom stereocenters. The van der Waals surface area contributed by atoms with Gasteiger partial charge in [-0.2, -0.15) is 0 Å². The van der Waals surface area contributed by atoms with Crippen LogP contribution >= 0.6 is 0 Å². The number of esters is 1. The van der Waals surface area contributed by atoms with Gasteiger partial charge in [-0.3, -0.25) is 4.79 Å². The van der Waals surface area contributed by atoms with Gasteiger partial charge in [-0.25, -0.2) is 0 Å². The lowest BCUT2D eigenvalue weighted by atomic mass is 9.68. The Hall–Kier alpha value is -0.570. The first-order valence-electron chi connectivity index (χ1n) is 11.8. The van der Waals surface area contributed by atoms with Crippen LogP contribution in [0.4, 0.5) is 0 Å². The molecule has 2 saturated carbocycles. The van der Waals surface area contributed by atoms with Crippen molar-refractivity contribution < 1.29 is 14.3 Å². The summed E-state index contributed by atoms with van der Waals surface area (Å²) in [6, 6.07) is 0. The quantitative estimate of drug-likeness (QED) is 0.296. The average Bonchev–Trinajstić information content (AvgIpc) is 2.72. The molecular weight excluding hydrogens is 336 g/mol. The van der Waals surface area contributed by atoms with E-state index < -0.39 is 0 Å². The zero-order valence-electron chi connectivity index (χ0n) is 18.3. The normalized spacial score (nSPS) is 26.5. The minimum Gasteiger partial charge on any atom is -0.469 e. The SMILES string of the molecule is CCCCO[C@@H]1CCC[C@@H](C[C@](CC)(CCC2CCCCC2)C(=O)OC)C1. The van der Waals surface area contributed by atoms with Crippen LogP contribution in [0.15, 0.2) is 0 Å². The number of ether oxygens (including phenoxy) is 2. The Bertz CT molecular complexity index is 416. The van der Waals surface area contributed by atoms with Crippen LogP contribution in [0.25, 0.3) is 0 Å². The molecule has 3 nitrogen and oxygen atoms in total. The second kappa shape index (κ2) is 12.1. The Morgan fingerprint density at radius 2 is 1.74 bits per heavy atom. The van der Waals surface area contributed by atoms with Crippen molar-refractivity contribution in [3.05, 3.63) is 0 Å². The van der Waals surface area contributed by atoms with Gasteiger partial charge >= 0.3 is 5.97 Å². The molecule has 0 unspecified atom stereocenters. The third-order valence-electron chi connectivity index (χ3n) is 7.32. The summed E-state index contributed by atoms with van der Waals surface area (Å²) in [5, 5.41) is 0. The van der Waals surface area contributed by atoms with Crippen LogP contribution < -0.4 is 0 Å². The van der Waals surface area contributed by atoms with Crippen LogP contribution in [0.3, 0.4) is 0 Å². The molecule has 2 fully saturated rings. The van der Waals surface area contributed by atoms with Crippen molar-refractivity contribution in [1.29, 1.82) is 0 Å². The number of hydrogen-bond acceptors (Lipinski definition) is 3. The summed E-state index contributed by atoms with van der Waals surface area (Å²) in [5.41, 5.74) is -0.276. The second-order valence-electron chi connectivity index (χ2n) is 9.25. The van der Waals surface area contributed by atoms with Gasteiger partial charge in [-0.1, -0.05) is 65.2 Å². The first-order valence-corrected chi connectivity index (χ1v) is 11.8. The van der Waals surface area contributed by atoms with Gasteiger partial charge in [0.1, 0.15) is 0 Å². The van der Waals surface area contributed by atoms with Gasteiger partial charge in [0.25, 0.3) is 0 Å². The van der Waals surface area contributed by atoms with Crippen molar-refractivity contribution >= 4 is 5.97 Å². The summed E-state index contributed by atoms with van der Waals surface area (Å²) in [7, 11) is 1.57. The van der Waals surface area contributed by atoms with Crippen molar-refractivity contribution in [2.45, 2.75) is 116 Å². The maximum atomic E-state index is 12.9. The molecule has 0 N–H and O–H groups in total. The zero-order chi connectivity index (χ0) is 19.5. The van der Waals surface area contributed by atoms with Crippen LogP contribution in [-0.2, 0) is 14.3 Å². The predicted molar refractivity (Wildman–Crippen MR) is 112 cm³/mol. The van der Waals surface area contributed by atoms with Crippen LogP contribution in [0.2, 0.25) is 0 Å². The third kappa shape index (κ3) is 7.07. The molecule has 0 heterocycles. The van der Waals surface area contributed by atoms with E-state index in [1.165, 1.54) is 64.2 Å². The van der Waals surface area contributed by atoms with Crippen LogP contribution in [0.1, 0.15) is 110 Å². The molecule has 0 aromatic carbocycles. The molecule has 0 bridgehead atoms. The molecule has 0 radical (unpaired) electrons. The van der Waals surface area contributed by atoms with Crippen molar-refractivity contribution in [3.63, 3.8) is 0 Å². The predicted octanol–water partition coefficient (Wildman–Crippen LogP) is 6.68. The average molecular weight is 381 g/mol. The van der Waals surface area contributed by atoms with E-state index in [0.717, 1.165) is 44.6 Å². The van der Waals surface area contributed by atoms with Gasteiger partial charge in [-0.05, 0) is 56.8 Å². The van der Waals surface area contributed by atoms with E-state index in [2.05, 4.69) is 13.8 Å². The van der Waals surface area contributed by atoms with Crippen LogP contribution in [0.5, 0.6) is 0 Å². The lowest BCUT2D eigenvalue weighted by Crippen LogP contribution is -2.36. The standard InChI is InChI=1S/C24H44O3/c1-4-6-17-27-22-14-10-13-21(18-22)19-24(5-2,23(25)26-3)16-15-20-11-8-7-9-12-20/h20-22H,4-19H2,1-3H3/t21-,22-,24+/m1/s1. The number of methoxy groups -OCH3 is 1. The van der Waals surface area contributed by atoms with Gasteiger partial charge in [0.15, 0.2) is 0 Å². The molecule has 0 aliphatic heterocycles. The number of unbranched alkanes of at least 4 members (excludes halogenated alkanes) is 1. The zero-order valence-corrected chi connectivity index (χ0v) is 18.3. The van der Waals surface area contributed by atoms with Gasteiger partial charge < -0.3 is 9.47 Å². The molecule has 0 aromatic heterocycles. The van der Waals surface area contributed by atoms with Gasteiger partial charge in [0.05, 0.1) is 18.6 Å². The van der Waals surface area contributed by atoms with Gasteiger partial charge in [0, 0.05) is 6.61 Å². The Morgan fingerprint density at radius 3 is 2.41 bits per heavy atom. The summed E-state index contributed by atoms with van der Waals surface area (Å²) >= 11 is 0. The summed E-state index contributed by atoms with van der Waals surface area (Å²) in [6.45, 7) is 5.30. The number of rotatable bonds is 11. The Balaban J connectivity index is 1.94. The maximum Gasteiger partial charge on any atom is 0.311 e. The fourth-order valence-electron chi connectivity index (χ4n) is 5.45.